The molecule has 0 amide bonds. The normalized spacial score (nSPS) is 8.27. The third-order valence-electron chi connectivity index (χ3n) is 1.13. The van der Waals surface area contributed by atoms with E-state index in [0.29, 0.717) is 5.69 Å². The van der Waals surface area contributed by atoms with Crippen LogP contribution in [0.4, 0.5) is 5.69 Å². The van der Waals surface area contributed by atoms with Gasteiger partial charge in [-0.15, -0.1) is 10.1 Å². The third kappa shape index (κ3) is 7.84. The molecule has 0 aliphatic carbocycles. The summed E-state index contributed by atoms with van der Waals surface area (Å²) in [6.07, 6.45) is 0. The smallest absolute Gasteiger partial charge is 0.291 e. The van der Waals surface area contributed by atoms with Crippen molar-refractivity contribution in [3.63, 3.8) is 0 Å². The number of benzene rings is 1. The van der Waals surface area contributed by atoms with Gasteiger partial charge in [0, 0.05) is 11.8 Å². The lowest BCUT2D eigenvalue weighted by Gasteiger charge is -2.02. The van der Waals surface area contributed by atoms with Gasteiger partial charge < -0.3 is 21.4 Å². The first-order chi connectivity index (χ1) is 6.91. The van der Waals surface area contributed by atoms with E-state index in [9.17, 15) is 0 Å². The van der Waals surface area contributed by atoms with Crippen molar-refractivity contribution in [2.45, 2.75) is 0 Å². The topological polar surface area (TPSA) is 146 Å². The van der Waals surface area contributed by atoms with E-state index in [4.69, 9.17) is 31.6 Å². The predicted octanol–water partition coefficient (Wildman–Crippen LogP) is 0.350. The lowest BCUT2D eigenvalue weighted by atomic mass is 10.3. The number of phenolic OH excluding ortho intramolecular Hbond substituents is 1. The van der Waals surface area contributed by atoms with Crippen LogP contribution in [-0.2, 0) is 0 Å². The van der Waals surface area contributed by atoms with Crippen LogP contribution in [-0.4, -0.2) is 21.4 Å². The Morgan fingerprint density at radius 2 is 2.13 bits per heavy atom. The molecule has 0 atom stereocenters. The van der Waals surface area contributed by atoms with Gasteiger partial charge in [-0.1, -0.05) is 6.07 Å². The zero-order chi connectivity index (χ0) is 11.8. The van der Waals surface area contributed by atoms with Gasteiger partial charge in [0.15, 0.2) is 5.96 Å². The van der Waals surface area contributed by atoms with Gasteiger partial charge in [-0.3, -0.25) is 5.41 Å². The highest BCUT2D eigenvalue weighted by Gasteiger charge is 1.92. The molecule has 0 spiro atoms. The average Bonchev–Trinajstić information content (AvgIpc) is 2.00. The summed E-state index contributed by atoms with van der Waals surface area (Å²) in [4.78, 5) is 8.36. The van der Waals surface area contributed by atoms with Crippen LogP contribution in [0, 0.1) is 15.5 Å². The van der Waals surface area contributed by atoms with Crippen LogP contribution in [0.3, 0.4) is 0 Å². The number of hydrogen-bond acceptors (Lipinski definition) is 4. The molecule has 0 saturated carbocycles. The number of nitrogens with two attached hydrogens (primary N) is 1. The Morgan fingerprint density at radius 1 is 1.60 bits per heavy atom. The van der Waals surface area contributed by atoms with Gasteiger partial charge in [0.25, 0.3) is 5.09 Å². The standard InChI is InChI=1S/C7H9N3O.HNO3/c8-7(9)10-5-2-1-3-6(11)4-5;2-1(3)4/h1-4,11H,(H4,8,9,10);(H,2,3,4). The molecule has 6 N–H and O–H groups in total. The molecule has 0 aromatic heterocycles. The summed E-state index contributed by atoms with van der Waals surface area (Å²) in [5, 5.41) is 32.0. The van der Waals surface area contributed by atoms with Gasteiger partial charge in [-0.25, -0.2) is 0 Å². The van der Waals surface area contributed by atoms with Crippen LogP contribution in [0.25, 0.3) is 0 Å². The van der Waals surface area contributed by atoms with Crippen molar-refractivity contribution in [1.82, 2.24) is 0 Å². The Hall–Kier alpha value is -2.51. The summed E-state index contributed by atoms with van der Waals surface area (Å²) in [5.41, 5.74) is 5.67. The lowest BCUT2D eigenvalue weighted by molar-refractivity contribution is -0.742. The monoisotopic (exact) mass is 214 g/mol. The summed E-state index contributed by atoms with van der Waals surface area (Å²) in [6.45, 7) is 0. The number of phenols is 1. The zero-order valence-electron chi connectivity index (χ0n) is 7.54. The van der Waals surface area contributed by atoms with E-state index < -0.39 is 5.09 Å². The maximum absolute atomic E-state index is 8.97. The fourth-order valence-corrected chi connectivity index (χ4v) is 0.739. The van der Waals surface area contributed by atoms with Crippen molar-refractivity contribution < 1.29 is 15.4 Å². The molecule has 1 aromatic carbocycles. The molecule has 1 rings (SSSR count). The maximum Gasteiger partial charge on any atom is 0.291 e. The van der Waals surface area contributed by atoms with Crippen molar-refractivity contribution in [2.75, 3.05) is 5.32 Å². The second-order valence-corrected chi connectivity index (χ2v) is 2.33. The fraction of sp³-hybridized carbons (Fsp3) is 0. The zero-order valence-corrected chi connectivity index (χ0v) is 7.54. The third-order valence-corrected chi connectivity index (χ3v) is 1.13. The first-order valence-corrected chi connectivity index (χ1v) is 3.65. The van der Waals surface area contributed by atoms with Crippen LogP contribution in [0.15, 0.2) is 24.3 Å². The number of rotatable bonds is 1. The van der Waals surface area contributed by atoms with Crippen molar-refractivity contribution >= 4 is 11.6 Å². The summed E-state index contributed by atoms with van der Waals surface area (Å²) >= 11 is 0. The molecular formula is C7H10N4O4. The van der Waals surface area contributed by atoms with Crippen molar-refractivity contribution in [3.8, 4) is 5.75 Å². The summed E-state index contributed by atoms with van der Waals surface area (Å²) < 4.78 is 0. The molecule has 1 aromatic rings. The lowest BCUT2D eigenvalue weighted by Crippen LogP contribution is -2.20. The minimum absolute atomic E-state index is 0.143. The molecule has 0 radical (unpaired) electrons. The van der Waals surface area contributed by atoms with Gasteiger partial charge in [-0.2, -0.15) is 0 Å². The first-order valence-electron chi connectivity index (χ1n) is 3.65. The van der Waals surface area contributed by atoms with E-state index in [0.717, 1.165) is 0 Å². The summed E-state index contributed by atoms with van der Waals surface area (Å²) in [7, 11) is 0. The highest BCUT2D eigenvalue weighted by Crippen LogP contribution is 2.14. The quantitative estimate of drug-likeness (QED) is 0.197. The fourth-order valence-electron chi connectivity index (χ4n) is 0.739. The van der Waals surface area contributed by atoms with Crippen LogP contribution < -0.4 is 11.1 Å². The first kappa shape index (κ1) is 12.5. The summed E-state index contributed by atoms with van der Waals surface area (Å²) in [6, 6.07) is 6.41. The number of nitrogens with zero attached hydrogens (tertiary/aromatic N) is 1. The number of guanidine groups is 1. The van der Waals surface area contributed by atoms with Gasteiger partial charge in [-0.05, 0) is 12.1 Å². The highest BCUT2D eigenvalue weighted by atomic mass is 16.9. The van der Waals surface area contributed by atoms with Gasteiger partial charge >= 0.3 is 0 Å². The van der Waals surface area contributed by atoms with E-state index in [1.54, 1.807) is 18.2 Å². The second kappa shape index (κ2) is 6.02. The minimum atomic E-state index is -1.50. The maximum atomic E-state index is 8.97. The molecule has 15 heavy (non-hydrogen) atoms. The van der Waals surface area contributed by atoms with Gasteiger partial charge in [0.1, 0.15) is 5.75 Å². The molecule has 0 bridgehead atoms. The summed E-state index contributed by atoms with van der Waals surface area (Å²) in [5.74, 6) is 0.00634. The number of aromatic hydroxyl groups is 1. The molecule has 0 saturated heterocycles. The molecule has 0 aliphatic heterocycles. The Morgan fingerprint density at radius 3 is 2.53 bits per heavy atom. The Labute approximate surface area is 84.6 Å². The van der Waals surface area contributed by atoms with E-state index in [1.165, 1.54) is 6.07 Å². The molecule has 0 heterocycles. The van der Waals surface area contributed by atoms with Crippen molar-refractivity contribution in [3.05, 3.63) is 34.4 Å². The van der Waals surface area contributed by atoms with Crippen LogP contribution in [0.5, 0.6) is 5.75 Å². The van der Waals surface area contributed by atoms with E-state index in [2.05, 4.69) is 5.32 Å². The molecule has 0 unspecified atom stereocenters. The molecule has 0 aliphatic rings. The molecule has 0 fully saturated rings. The minimum Gasteiger partial charge on any atom is -0.508 e. The Balaban J connectivity index is 0.000000423. The predicted molar refractivity (Wildman–Crippen MR) is 52.4 cm³/mol. The Bertz CT molecular complexity index is 351. The number of anilines is 1. The molecule has 8 nitrogen and oxygen atoms in total. The second-order valence-electron chi connectivity index (χ2n) is 2.33. The van der Waals surface area contributed by atoms with Gasteiger partial charge in [0.2, 0.25) is 0 Å². The molecule has 8 heteroatoms. The van der Waals surface area contributed by atoms with Crippen molar-refractivity contribution in [2.24, 2.45) is 5.73 Å². The van der Waals surface area contributed by atoms with E-state index in [1.807, 2.05) is 0 Å². The van der Waals surface area contributed by atoms with Crippen LogP contribution in [0.1, 0.15) is 0 Å². The number of nitrogens with one attached hydrogen (secondary N) is 2. The molecule has 82 valence electrons. The van der Waals surface area contributed by atoms with E-state index in [-0.39, 0.29) is 11.7 Å². The van der Waals surface area contributed by atoms with Crippen LogP contribution in [0.2, 0.25) is 0 Å². The average molecular weight is 214 g/mol. The van der Waals surface area contributed by atoms with E-state index >= 15 is 0 Å². The number of hydrogen-bond donors (Lipinski definition) is 5. The molecular weight excluding hydrogens is 204 g/mol. The van der Waals surface area contributed by atoms with Crippen LogP contribution >= 0.6 is 0 Å². The van der Waals surface area contributed by atoms with Crippen molar-refractivity contribution in [1.29, 1.82) is 5.41 Å². The van der Waals surface area contributed by atoms with Gasteiger partial charge in [0.05, 0.1) is 0 Å². The Kier molecular flexibility index (Phi) is 5.01. The SMILES string of the molecule is N=C(N)Nc1cccc(O)c1.O=[N+]([O-])O. The largest absolute Gasteiger partial charge is 0.508 e. The highest BCUT2D eigenvalue weighted by molar-refractivity contribution is 5.89.